The number of carbonyl (C=O) groups excluding carboxylic acids is 1. The standard InChI is InChI=1S/C18H29NO2/c1-3-4-5-6-7-8-9-10-18(21)19-14-16-12-11-15(2)17(20)13-16/h11-13,20H,3-10,14H2,1-2H3,(H,19,21). The molecule has 0 heterocycles. The van der Waals surface area contributed by atoms with Crippen LogP contribution in [0.5, 0.6) is 5.75 Å². The van der Waals surface area contributed by atoms with E-state index in [2.05, 4.69) is 12.2 Å². The first-order chi connectivity index (χ1) is 10.1. The summed E-state index contributed by atoms with van der Waals surface area (Å²) in [5.41, 5.74) is 1.79. The number of amides is 1. The molecule has 0 aromatic heterocycles. The van der Waals surface area contributed by atoms with Crippen LogP contribution in [0.2, 0.25) is 0 Å². The third kappa shape index (κ3) is 7.74. The van der Waals surface area contributed by atoms with Crippen LogP contribution in [0, 0.1) is 6.92 Å². The lowest BCUT2D eigenvalue weighted by Crippen LogP contribution is -2.22. The molecule has 1 aromatic rings. The Balaban J connectivity index is 2.09. The number of aryl methyl sites for hydroxylation is 1. The molecule has 0 aliphatic rings. The second kappa shape index (κ2) is 10.3. The summed E-state index contributed by atoms with van der Waals surface area (Å²) >= 11 is 0. The first kappa shape index (κ1) is 17.5. The molecule has 0 spiro atoms. The van der Waals surface area contributed by atoms with Gasteiger partial charge >= 0.3 is 0 Å². The molecule has 0 bridgehead atoms. The Morgan fingerprint density at radius 1 is 1.10 bits per heavy atom. The minimum atomic E-state index is 0.101. The molecule has 0 radical (unpaired) electrons. The van der Waals surface area contributed by atoms with Crippen molar-refractivity contribution in [3.8, 4) is 5.75 Å². The fraction of sp³-hybridized carbons (Fsp3) is 0.611. The molecule has 118 valence electrons. The summed E-state index contributed by atoms with van der Waals surface area (Å²) in [5.74, 6) is 0.387. The van der Waals surface area contributed by atoms with Crippen molar-refractivity contribution >= 4 is 5.91 Å². The molecule has 0 saturated carbocycles. The lowest BCUT2D eigenvalue weighted by atomic mass is 10.1. The second-order valence-electron chi connectivity index (χ2n) is 5.77. The maximum Gasteiger partial charge on any atom is 0.220 e. The number of phenolic OH excluding ortho intramolecular Hbond substituents is 1. The summed E-state index contributed by atoms with van der Waals surface area (Å²) in [4.78, 5) is 11.7. The maximum absolute atomic E-state index is 11.7. The fourth-order valence-corrected chi connectivity index (χ4v) is 2.30. The Morgan fingerprint density at radius 2 is 1.76 bits per heavy atom. The van der Waals surface area contributed by atoms with E-state index in [1.807, 2.05) is 19.1 Å². The zero-order valence-corrected chi connectivity index (χ0v) is 13.5. The zero-order valence-electron chi connectivity index (χ0n) is 13.5. The van der Waals surface area contributed by atoms with Crippen LogP contribution in [0.3, 0.4) is 0 Å². The SMILES string of the molecule is CCCCCCCCCC(=O)NCc1ccc(C)c(O)c1. The quantitative estimate of drug-likeness (QED) is 0.625. The zero-order chi connectivity index (χ0) is 15.5. The maximum atomic E-state index is 11.7. The van der Waals surface area contributed by atoms with Gasteiger partial charge in [-0.15, -0.1) is 0 Å². The van der Waals surface area contributed by atoms with Crippen molar-refractivity contribution in [3.63, 3.8) is 0 Å². The Bertz CT molecular complexity index is 429. The largest absolute Gasteiger partial charge is 0.508 e. The van der Waals surface area contributed by atoms with E-state index in [0.29, 0.717) is 13.0 Å². The van der Waals surface area contributed by atoms with E-state index in [4.69, 9.17) is 0 Å². The molecule has 0 fully saturated rings. The van der Waals surface area contributed by atoms with Crippen molar-refractivity contribution in [2.75, 3.05) is 0 Å². The Labute approximate surface area is 128 Å². The number of aromatic hydroxyl groups is 1. The molecule has 0 aliphatic carbocycles. The number of unbranched alkanes of at least 4 members (excludes halogenated alkanes) is 6. The number of nitrogens with one attached hydrogen (secondary N) is 1. The molecule has 3 nitrogen and oxygen atoms in total. The van der Waals surface area contributed by atoms with Crippen LogP contribution in [0.15, 0.2) is 18.2 Å². The smallest absolute Gasteiger partial charge is 0.220 e. The molecule has 21 heavy (non-hydrogen) atoms. The van der Waals surface area contributed by atoms with Gasteiger partial charge in [0.15, 0.2) is 0 Å². The molecule has 0 aliphatic heterocycles. The van der Waals surface area contributed by atoms with Gasteiger partial charge in [-0.1, -0.05) is 57.6 Å². The summed E-state index contributed by atoms with van der Waals surface area (Å²) in [6, 6.07) is 5.51. The number of hydrogen-bond acceptors (Lipinski definition) is 2. The van der Waals surface area contributed by atoms with Crippen LogP contribution < -0.4 is 5.32 Å². The topological polar surface area (TPSA) is 49.3 Å². The first-order valence-electron chi connectivity index (χ1n) is 8.18. The molecule has 1 rings (SSSR count). The highest BCUT2D eigenvalue weighted by molar-refractivity contribution is 5.75. The normalized spacial score (nSPS) is 10.6. The molecule has 1 amide bonds. The number of rotatable bonds is 10. The van der Waals surface area contributed by atoms with Crippen molar-refractivity contribution in [2.45, 2.75) is 71.8 Å². The second-order valence-corrected chi connectivity index (χ2v) is 5.77. The minimum absolute atomic E-state index is 0.101. The summed E-state index contributed by atoms with van der Waals surface area (Å²) < 4.78 is 0. The van der Waals surface area contributed by atoms with Crippen molar-refractivity contribution in [2.24, 2.45) is 0 Å². The third-order valence-corrected chi connectivity index (χ3v) is 3.77. The first-order valence-corrected chi connectivity index (χ1v) is 8.18. The number of benzene rings is 1. The lowest BCUT2D eigenvalue weighted by molar-refractivity contribution is -0.121. The van der Waals surface area contributed by atoms with Gasteiger partial charge in [-0.05, 0) is 30.5 Å². The van der Waals surface area contributed by atoms with Gasteiger partial charge in [0, 0.05) is 13.0 Å². The van der Waals surface area contributed by atoms with Gasteiger partial charge in [0.05, 0.1) is 0 Å². The van der Waals surface area contributed by atoms with Crippen LogP contribution in [0.1, 0.15) is 69.4 Å². The average Bonchev–Trinajstić information content (AvgIpc) is 2.47. The van der Waals surface area contributed by atoms with Gasteiger partial charge in [-0.25, -0.2) is 0 Å². The highest BCUT2D eigenvalue weighted by Gasteiger charge is 2.03. The minimum Gasteiger partial charge on any atom is -0.508 e. The average molecular weight is 291 g/mol. The van der Waals surface area contributed by atoms with Crippen LogP contribution in [0.4, 0.5) is 0 Å². The Kier molecular flexibility index (Phi) is 8.56. The third-order valence-electron chi connectivity index (χ3n) is 3.77. The van der Waals surface area contributed by atoms with Crippen LogP contribution in [-0.4, -0.2) is 11.0 Å². The van der Waals surface area contributed by atoms with Gasteiger partial charge < -0.3 is 10.4 Å². The van der Waals surface area contributed by atoms with E-state index >= 15 is 0 Å². The van der Waals surface area contributed by atoms with E-state index in [-0.39, 0.29) is 11.7 Å². The van der Waals surface area contributed by atoms with Crippen LogP contribution >= 0.6 is 0 Å². The van der Waals surface area contributed by atoms with Gasteiger partial charge in [0.25, 0.3) is 0 Å². The highest BCUT2D eigenvalue weighted by Crippen LogP contribution is 2.17. The van der Waals surface area contributed by atoms with Crippen molar-refractivity contribution in [1.82, 2.24) is 5.32 Å². The van der Waals surface area contributed by atoms with E-state index in [1.165, 1.54) is 32.1 Å². The predicted molar refractivity (Wildman–Crippen MR) is 87.3 cm³/mol. The number of hydrogen-bond donors (Lipinski definition) is 2. The van der Waals surface area contributed by atoms with Crippen molar-refractivity contribution < 1.29 is 9.90 Å². The Hall–Kier alpha value is -1.51. The highest BCUT2D eigenvalue weighted by atomic mass is 16.3. The molecule has 0 saturated heterocycles. The predicted octanol–water partition coefficient (Wildman–Crippen LogP) is 4.46. The van der Waals surface area contributed by atoms with Gasteiger partial charge in [-0.2, -0.15) is 0 Å². The van der Waals surface area contributed by atoms with E-state index in [1.54, 1.807) is 6.07 Å². The van der Waals surface area contributed by atoms with Crippen LogP contribution in [-0.2, 0) is 11.3 Å². The van der Waals surface area contributed by atoms with Gasteiger partial charge in [0.2, 0.25) is 5.91 Å². The fourth-order valence-electron chi connectivity index (χ4n) is 2.30. The van der Waals surface area contributed by atoms with Gasteiger partial charge in [0.1, 0.15) is 5.75 Å². The van der Waals surface area contributed by atoms with Crippen molar-refractivity contribution in [1.29, 1.82) is 0 Å². The lowest BCUT2D eigenvalue weighted by Gasteiger charge is -2.07. The summed E-state index contributed by atoms with van der Waals surface area (Å²) in [7, 11) is 0. The van der Waals surface area contributed by atoms with Crippen LogP contribution in [0.25, 0.3) is 0 Å². The molecule has 0 unspecified atom stereocenters. The summed E-state index contributed by atoms with van der Waals surface area (Å²) in [6.45, 7) is 4.57. The van der Waals surface area contributed by atoms with Crippen molar-refractivity contribution in [3.05, 3.63) is 29.3 Å². The molecular formula is C18H29NO2. The van der Waals surface area contributed by atoms with E-state index in [9.17, 15) is 9.90 Å². The monoisotopic (exact) mass is 291 g/mol. The van der Waals surface area contributed by atoms with E-state index in [0.717, 1.165) is 24.0 Å². The molecule has 2 N–H and O–H groups in total. The molecule has 0 atom stereocenters. The number of carbonyl (C=O) groups is 1. The van der Waals surface area contributed by atoms with E-state index < -0.39 is 0 Å². The molecule has 3 heteroatoms. The summed E-state index contributed by atoms with van der Waals surface area (Å²) in [5, 5.41) is 12.5. The number of phenols is 1. The van der Waals surface area contributed by atoms with Gasteiger partial charge in [-0.3, -0.25) is 4.79 Å². The summed E-state index contributed by atoms with van der Waals surface area (Å²) in [6.07, 6.45) is 9.16. The molecular weight excluding hydrogens is 262 g/mol. The Morgan fingerprint density at radius 3 is 2.43 bits per heavy atom. The molecule has 1 aromatic carbocycles.